The molecule has 0 saturated carbocycles. The molecule has 0 fully saturated rings. The van der Waals surface area contributed by atoms with Gasteiger partial charge in [-0.05, 0) is 32.9 Å². The lowest BCUT2D eigenvalue weighted by molar-refractivity contribution is -0.154. The van der Waals surface area contributed by atoms with E-state index in [-0.39, 0.29) is 13.0 Å². The molecule has 0 radical (unpaired) electrons. The van der Waals surface area contributed by atoms with E-state index in [9.17, 15) is 9.59 Å². The molecule has 3 heterocycles. The molecule has 0 saturated heterocycles. The van der Waals surface area contributed by atoms with Crippen LogP contribution in [-0.4, -0.2) is 37.6 Å². The fraction of sp³-hybridized carbons (Fsp3) is 0.353. The van der Waals surface area contributed by atoms with Crippen LogP contribution < -0.4 is 5.32 Å². The van der Waals surface area contributed by atoms with Crippen molar-refractivity contribution >= 4 is 17.7 Å². The zero-order valence-corrected chi connectivity index (χ0v) is 14.7. The monoisotopic (exact) mass is 357 g/mol. The first-order valence-electron chi connectivity index (χ1n) is 8.11. The molecule has 1 amide bonds. The Morgan fingerprint density at radius 2 is 2.19 bits per heavy atom. The molecule has 0 aliphatic heterocycles. The number of nitrogens with zero attached hydrogens (tertiary/aromatic N) is 4. The first kappa shape index (κ1) is 17.6. The van der Waals surface area contributed by atoms with Gasteiger partial charge in [-0.2, -0.15) is 10.1 Å². The van der Waals surface area contributed by atoms with Crippen LogP contribution in [-0.2, 0) is 27.3 Å². The minimum atomic E-state index is -0.916. The lowest BCUT2D eigenvalue weighted by Gasteiger charge is -2.14. The predicted octanol–water partition coefficient (Wildman–Crippen LogP) is 1.12. The molecular formula is C17H19N5O4. The minimum Gasteiger partial charge on any atom is -0.467 e. The van der Waals surface area contributed by atoms with Crippen LogP contribution in [0.5, 0.6) is 0 Å². The number of aryl methyl sites for hydroxylation is 2. The first-order valence-corrected chi connectivity index (χ1v) is 8.11. The standard InChI is InChI=1S/C17H19N5O4/c1-10-14(11(2)22-17(21-10)19-9-20-22)7-15(23)26-12(3)16(24)18-8-13-5-4-6-25-13/h4-6,9,12H,7-8H2,1-3H3,(H,18,24)/t12-/m1/s1. The van der Waals surface area contributed by atoms with E-state index in [0.717, 1.165) is 5.69 Å². The van der Waals surface area contributed by atoms with Gasteiger partial charge in [0.15, 0.2) is 6.10 Å². The van der Waals surface area contributed by atoms with Crippen molar-refractivity contribution in [3.63, 3.8) is 0 Å². The van der Waals surface area contributed by atoms with Gasteiger partial charge in [0, 0.05) is 17.0 Å². The second-order valence-corrected chi connectivity index (χ2v) is 5.84. The number of hydrogen-bond acceptors (Lipinski definition) is 7. The van der Waals surface area contributed by atoms with E-state index in [1.807, 2.05) is 6.92 Å². The summed E-state index contributed by atoms with van der Waals surface area (Å²) in [6.07, 6.45) is 2.01. The second-order valence-electron chi connectivity index (χ2n) is 5.84. The Balaban J connectivity index is 1.60. The van der Waals surface area contributed by atoms with Gasteiger partial charge in [0.2, 0.25) is 0 Å². The molecular weight excluding hydrogens is 338 g/mol. The van der Waals surface area contributed by atoms with Gasteiger partial charge in [0.05, 0.1) is 19.2 Å². The highest BCUT2D eigenvalue weighted by atomic mass is 16.5. The highest BCUT2D eigenvalue weighted by Gasteiger charge is 2.20. The normalized spacial score (nSPS) is 12.1. The van der Waals surface area contributed by atoms with E-state index in [1.54, 1.807) is 23.6 Å². The van der Waals surface area contributed by atoms with Crippen LogP contribution in [0.2, 0.25) is 0 Å². The van der Waals surface area contributed by atoms with Crippen molar-refractivity contribution in [1.29, 1.82) is 0 Å². The first-order chi connectivity index (χ1) is 12.5. The Morgan fingerprint density at radius 1 is 1.38 bits per heavy atom. The number of hydrogen-bond donors (Lipinski definition) is 1. The van der Waals surface area contributed by atoms with Crippen LogP contribution in [0.4, 0.5) is 0 Å². The van der Waals surface area contributed by atoms with Gasteiger partial charge in [0.1, 0.15) is 12.1 Å². The third-order valence-electron chi connectivity index (χ3n) is 4.00. The molecule has 3 rings (SSSR count). The number of carbonyl (C=O) groups is 2. The molecule has 9 heteroatoms. The summed E-state index contributed by atoms with van der Waals surface area (Å²) in [5.41, 5.74) is 2.14. The second kappa shape index (κ2) is 7.34. The average Bonchev–Trinajstić information content (AvgIpc) is 3.27. The van der Waals surface area contributed by atoms with E-state index in [1.165, 1.54) is 19.5 Å². The quantitative estimate of drug-likeness (QED) is 0.658. The van der Waals surface area contributed by atoms with Gasteiger partial charge in [-0.25, -0.2) is 9.50 Å². The molecule has 0 spiro atoms. The van der Waals surface area contributed by atoms with Gasteiger partial charge in [-0.1, -0.05) is 0 Å². The van der Waals surface area contributed by atoms with Crippen LogP contribution in [0, 0.1) is 13.8 Å². The van der Waals surface area contributed by atoms with E-state index in [2.05, 4.69) is 20.4 Å². The Labute approximate surface area is 149 Å². The van der Waals surface area contributed by atoms with E-state index in [0.29, 0.717) is 22.8 Å². The third kappa shape index (κ3) is 3.71. The maximum Gasteiger partial charge on any atom is 0.311 e. The number of ether oxygens (including phenoxy) is 1. The molecule has 1 atom stereocenters. The molecule has 3 aromatic rings. The van der Waals surface area contributed by atoms with Crippen molar-refractivity contribution in [2.45, 2.75) is 39.8 Å². The molecule has 0 aromatic carbocycles. The highest BCUT2D eigenvalue weighted by Crippen LogP contribution is 2.14. The van der Waals surface area contributed by atoms with Gasteiger partial charge in [-0.15, -0.1) is 0 Å². The Morgan fingerprint density at radius 3 is 2.92 bits per heavy atom. The Bertz CT molecular complexity index is 932. The third-order valence-corrected chi connectivity index (χ3v) is 4.00. The summed E-state index contributed by atoms with van der Waals surface area (Å²) in [5.74, 6) is 0.185. The van der Waals surface area contributed by atoms with E-state index < -0.39 is 18.0 Å². The molecule has 9 nitrogen and oxygen atoms in total. The molecule has 0 bridgehead atoms. The van der Waals surface area contributed by atoms with Gasteiger partial charge in [0.25, 0.3) is 11.7 Å². The van der Waals surface area contributed by atoms with Crippen molar-refractivity contribution in [1.82, 2.24) is 24.9 Å². The summed E-state index contributed by atoms with van der Waals surface area (Å²) in [6.45, 7) is 5.38. The number of amides is 1. The lowest BCUT2D eigenvalue weighted by Crippen LogP contribution is -2.35. The van der Waals surface area contributed by atoms with Gasteiger partial charge in [-0.3, -0.25) is 9.59 Å². The number of nitrogens with one attached hydrogen (secondary N) is 1. The molecule has 1 N–H and O–H groups in total. The highest BCUT2D eigenvalue weighted by molar-refractivity contribution is 5.84. The number of esters is 1. The zero-order chi connectivity index (χ0) is 18.7. The molecule has 0 unspecified atom stereocenters. The van der Waals surface area contributed by atoms with Gasteiger partial charge < -0.3 is 14.5 Å². The number of furan rings is 1. The molecule has 0 aliphatic rings. The predicted molar refractivity (Wildman–Crippen MR) is 90.1 cm³/mol. The maximum atomic E-state index is 12.2. The Kier molecular flexibility index (Phi) is 4.97. The fourth-order valence-corrected chi connectivity index (χ4v) is 2.58. The average molecular weight is 357 g/mol. The molecule has 0 aliphatic carbocycles. The summed E-state index contributed by atoms with van der Waals surface area (Å²) < 4.78 is 11.9. The largest absolute Gasteiger partial charge is 0.467 e. The number of fused-ring (bicyclic) bond motifs is 1. The van der Waals surface area contributed by atoms with Crippen molar-refractivity contribution in [3.05, 3.63) is 47.4 Å². The minimum absolute atomic E-state index is 0.00370. The van der Waals surface area contributed by atoms with Crippen molar-refractivity contribution in [2.75, 3.05) is 0 Å². The van der Waals surface area contributed by atoms with Crippen molar-refractivity contribution in [2.24, 2.45) is 0 Å². The summed E-state index contributed by atoms with van der Waals surface area (Å²) in [7, 11) is 0. The summed E-state index contributed by atoms with van der Waals surface area (Å²) in [5, 5.41) is 6.74. The van der Waals surface area contributed by atoms with Crippen LogP contribution in [0.1, 0.15) is 29.6 Å². The van der Waals surface area contributed by atoms with E-state index >= 15 is 0 Å². The number of aromatic nitrogens is 4. The Hall–Kier alpha value is -3.23. The SMILES string of the molecule is Cc1nc2ncnn2c(C)c1CC(=O)O[C@H](C)C(=O)NCc1ccco1. The lowest BCUT2D eigenvalue weighted by atomic mass is 10.1. The van der Waals surface area contributed by atoms with Crippen LogP contribution in [0.25, 0.3) is 5.78 Å². The van der Waals surface area contributed by atoms with Crippen LogP contribution in [0.15, 0.2) is 29.1 Å². The molecule has 3 aromatic heterocycles. The summed E-state index contributed by atoms with van der Waals surface area (Å²) in [4.78, 5) is 32.6. The fourth-order valence-electron chi connectivity index (χ4n) is 2.58. The molecule has 136 valence electrons. The number of rotatable bonds is 6. The van der Waals surface area contributed by atoms with Crippen LogP contribution >= 0.6 is 0 Å². The summed E-state index contributed by atoms with van der Waals surface area (Å²) in [6, 6.07) is 3.48. The van der Waals surface area contributed by atoms with E-state index in [4.69, 9.17) is 9.15 Å². The van der Waals surface area contributed by atoms with Crippen molar-refractivity contribution in [3.8, 4) is 0 Å². The number of carbonyl (C=O) groups excluding carboxylic acids is 2. The van der Waals surface area contributed by atoms with Crippen LogP contribution in [0.3, 0.4) is 0 Å². The summed E-state index contributed by atoms with van der Waals surface area (Å²) >= 11 is 0. The smallest absolute Gasteiger partial charge is 0.311 e. The topological polar surface area (TPSA) is 112 Å². The van der Waals surface area contributed by atoms with Gasteiger partial charge >= 0.3 is 5.97 Å². The van der Waals surface area contributed by atoms with Crippen molar-refractivity contribution < 1.29 is 18.7 Å². The molecule has 26 heavy (non-hydrogen) atoms. The zero-order valence-electron chi connectivity index (χ0n) is 14.7. The maximum absolute atomic E-state index is 12.2.